The minimum atomic E-state index is -0.638. The van der Waals surface area contributed by atoms with E-state index >= 15 is 0 Å². The van der Waals surface area contributed by atoms with E-state index in [0.29, 0.717) is 16.7 Å². The van der Waals surface area contributed by atoms with Crippen LogP contribution in [0.5, 0.6) is 0 Å². The molecular weight excluding hydrogens is 341 g/mol. The Labute approximate surface area is 127 Å². The summed E-state index contributed by atoms with van der Waals surface area (Å²) in [6.45, 7) is 0. The first-order valence-corrected chi connectivity index (χ1v) is 6.78. The molecule has 1 aromatic carbocycles. The average Bonchev–Trinajstić information content (AvgIpc) is 2.85. The van der Waals surface area contributed by atoms with Gasteiger partial charge in [0, 0.05) is 4.47 Å². The van der Waals surface area contributed by atoms with E-state index in [-0.39, 0.29) is 5.69 Å². The monoisotopic (exact) mass is 349 g/mol. The number of hydrogen-bond acceptors (Lipinski definition) is 4. The van der Waals surface area contributed by atoms with Gasteiger partial charge in [-0.3, -0.25) is 0 Å². The number of rotatable bonds is 2. The molecule has 0 radical (unpaired) electrons. The molecule has 0 aliphatic heterocycles. The van der Waals surface area contributed by atoms with E-state index in [2.05, 4.69) is 30.7 Å². The van der Waals surface area contributed by atoms with Gasteiger partial charge in [0.1, 0.15) is 5.82 Å². The molecule has 2 heterocycles. The lowest BCUT2D eigenvalue weighted by molar-refractivity contribution is 0.0595. The summed E-state index contributed by atoms with van der Waals surface area (Å²) >= 11 is 3.37. The maximum absolute atomic E-state index is 13.4. The number of hydrogen-bond donors (Lipinski definition) is 0. The van der Waals surface area contributed by atoms with Gasteiger partial charge in [-0.15, -0.1) is 0 Å². The van der Waals surface area contributed by atoms with Crippen LogP contribution in [0.4, 0.5) is 4.39 Å². The highest BCUT2D eigenvalue weighted by molar-refractivity contribution is 9.10. The minimum absolute atomic E-state index is 0.0273. The van der Waals surface area contributed by atoms with Gasteiger partial charge in [0.15, 0.2) is 11.3 Å². The third-order valence-corrected chi connectivity index (χ3v) is 3.41. The van der Waals surface area contributed by atoms with Crippen LogP contribution in [0.15, 0.2) is 41.0 Å². The van der Waals surface area contributed by atoms with Crippen molar-refractivity contribution in [2.45, 2.75) is 0 Å². The van der Waals surface area contributed by atoms with Crippen molar-refractivity contribution in [1.29, 1.82) is 0 Å². The van der Waals surface area contributed by atoms with Crippen LogP contribution in [0, 0.1) is 5.82 Å². The van der Waals surface area contributed by atoms with Gasteiger partial charge in [0.2, 0.25) is 0 Å². The van der Waals surface area contributed by atoms with E-state index in [1.807, 2.05) is 24.3 Å². The first-order chi connectivity index (χ1) is 10.1. The molecular formula is C14H9BrFN3O2. The van der Waals surface area contributed by atoms with E-state index in [1.165, 1.54) is 17.9 Å². The van der Waals surface area contributed by atoms with Crippen LogP contribution in [-0.4, -0.2) is 27.8 Å². The Hall–Kier alpha value is -2.28. The van der Waals surface area contributed by atoms with E-state index < -0.39 is 11.8 Å². The summed E-state index contributed by atoms with van der Waals surface area (Å²) in [5.74, 6) is -1.18. The van der Waals surface area contributed by atoms with Crippen molar-refractivity contribution < 1.29 is 13.9 Å². The SMILES string of the molecule is COC(=O)c1nn(-c2cccc(Br)c2)c2ncc(F)cc12. The van der Waals surface area contributed by atoms with Crippen LogP contribution in [0.3, 0.4) is 0 Å². The second-order valence-electron chi connectivity index (χ2n) is 4.26. The molecule has 0 atom stereocenters. The van der Waals surface area contributed by atoms with Gasteiger partial charge < -0.3 is 4.74 Å². The molecule has 0 bridgehead atoms. The number of carbonyl (C=O) groups excluding carboxylic acids is 1. The van der Waals surface area contributed by atoms with Crippen molar-refractivity contribution >= 4 is 32.9 Å². The molecule has 0 amide bonds. The highest BCUT2D eigenvalue weighted by Gasteiger charge is 2.20. The normalized spacial score (nSPS) is 10.8. The molecule has 0 spiro atoms. The average molecular weight is 350 g/mol. The Balaban J connectivity index is 2.31. The van der Waals surface area contributed by atoms with E-state index in [1.54, 1.807) is 0 Å². The lowest BCUT2D eigenvalue weighted by atomic mass is 10.2. The smallest absolute Gasteiger partial charge is 0.359 e. The predicted molar refractivity (Wildman–Crippen MR) is 77.9 cm³/mol. The number of halogens is 2. The van der Waals surface area contributed by atoms with Gasteiger partial charge in [-0.25, -0.2) is 18.9 Å². The fourth-order valence-electron chi connectivity index (χ4n) is 2.01. The van der Waals surface area contributed by atoms with Crippen LogP contribution in [0.25, 0.3) is 16.7 Å². The molecule has 0 unspecified atom stereocenters. The lowest BCUT2D eigenvalue weighted by Gasteiger charge is -2.02. The van der Waals surface area contributed by atoms with Crippen LogP contribution in [0.2, 0.25) is 0 Å². The van der Waals surface area contributed by atoms with Crippen LogP contribution in [0.1, 0.15) is 10.5 Å². The Kier molecular flexibility index (Phi) is 3.42. The Morgan fingerprint density at radius 3 is 2.90 bits per heavy atom. The number of benzene rings is 1. The summed E-state index contributed by atoms with van der Waals surface area (Å²) in [4.78, 5) is 15.8. The molecule has 0 aliphatic carbocycles. The second-order valence-corrected chi connectivity index (χ2v) is 5.17. The first-order valence-electron chi connectivity index (χ1n) is 5.98. The second kappa shape index (κ2) is 5.25. The molecule has 0 saturated carbocycles. The molecule has 7 heteroatoms. The molecule has 0 aliphatic rings. The molecule has 5 nitrogen and oxygen atoms in total. The maximum Gasteiger partial charge on any atom is 0.359 e. The number of nitrogens with zero attached hydrogens (tertiary/aromatic N) is 3. The molecule has 0 N–H and O–H groups in total. The van der Waals surface area contributed by atoms with Crippen molar-refractivity contribution in [2.75, 3.05) is 7.11 Å². The summed E-state index contributed by atoms with van der Waals surface area (Å²) in [6.07, 6.45) is 1.08. The van der Waals surface area contributed by atoms with Crippen molar-refractivity contribution in [1.82, 2.24) is 14.8 Å². The lowest BCUT2D eigenvalue weighted by Crippen LogP contribution is -2.04. The van der Waals surface area contributed by atoms with Gasteiger partial charge in [0.05, 0.1) is 24.4 Å². The Morgan fingerprint density at radius 1 is 1.38 bits per heavy atom. The summed E-state index contributed by atoms with van der Waals surface area (Å²) in [5.41, 5.74) is 1.11. The van der Waals surface area contributed by atoms with Crippen molar-refractivity contribution in [3.63, 3.8) is 0 Å². The quantitative estimate of drug-likeness (QED) is 0.667. The Morgan fingerprint density at radius 2 is 2.19 bits per heavy atom. The van der Waals surface area contributed by atoms with Gasteiger partial charge in [0.25, 0.3) is 0 Å². The highest BCUT2D eigenvalue weighted by Crippen LogP contribution is 2.23. The molecule has 0 saturated heterocycles. The number of fused-ring (bicyclic) bond motifs is 1. The standard InChI is InChI=1S/C14H9BrFN3O2/c1-21-14(20)12-11-6-9(16)7-17-13(11)19(18-12)10-4-2-3-8(15)5-10/h2-7H,1H3. The fraction of sp³-hybridized carbons (Fsp3) is 0.0714. The molecule has 2 aromatic heterocycles. The zero-order chi connectivity index (χ0) is 15.0. The van der Waals surface area contributed by atoms with E-state index in [4.69, 9.17) is 0 Å². The number of carbonyl (C=O) groups is 1. The molecule has 3 aromatic rings. The largest absolute Gasteiger partial charge is 0.464 e. The predicted octanol–water partition coefficient (Wildman–Crippen LogP) is 3.11. The molecule has 106 valence electrons. The van der Waals surface area contributed by atoms with Gasteiger partial charge >= 0.3 is 5.97 Å². The summed E-state index contributed by atoms with van der Waals surface area (Å²) in [5, 5.41) is 4.51. The van der Waals surface area contributed by atoms with Crippen LogP contribution < -0.4 is 0 Å². The summed E-state index contributed by atoms with van der Waals surface area (Å²) < 4.78 is 20.4. The van der Waals surface area contributed by atoms with Gasteiger partial charge in [-0.2, -0.15) is 5.10 Å². The van der Waals surface area contributed by atoms with Crippen molar-refractivity contribution in [3.8, 4) is 5.69 Å². The maximum atomic E-state index is 13.4. The minimum Gasteiger partial charge on any atom is -0.464 e. The summed E-state index contributed by atoms with van der Waals surface area (Å²) in [6, 6.07) is 8.54. The van der Waals surface area contributed by atoms with E-state index in [0.717, 1.165) is 10.7 Å². The zero-order valence-electron chi connectivity index (χ0n) is 10.9. The first kappa shape index (κ1) is 13.7. The van der Waals surface area contributed by atoms with Crippen molar-refractivity contribution in [3.05, 3.63) is 52.5 Å². The van der Waals surface area contributed by atoms with Gasteiger partial charge in [-0.1, -0.05) is 22.0 Å². The van der Waals surface area contributed by atoms with E-state index in [9.17, 15) is 9.18 Å². The third kappa shape index (κ3) is 2.40. The third-order valence-electron chi connectivity index (χ3n) is 2.92. The number of pyridine rings is 1. The zero-order valence-corrected chi connectivity index (χ0v) is 12.5. The summed E-state index contributed by atoms with van der Waals surface area (Å²) in [7, 11) is 1.25. The molecule has 21 heavy (non-hydrogen) atoms. The topological polar surface area (TPSA) is 57.0 Å². The van der Waals surface area contributed by atoms with Crippen LogP contribution in [-0.2, 0) is 4.74 Å². The number of methoxy groups -OCH3 is 1. The van der Waals surface area contributed by atoms with Crippen LogP contribution >= 0.6 is 15.9 Å². The molecule has 0 fully saturated rings. The van der Waals surface area contributed by atoms with Gasteiger partial charge in [-0.05, 0) is 24.3 Å². The Bertz CT molecular complexity index is 847. The number of esters is 1. The fourth-order valence-corrected chi connectivity index (χ4v) is 2.40. The number of ether oxygens (including phenoxy) is 1. The molecule has 3 rings (SSSR count). The number of aromatic nitrogens is 3. The highest BCUT2D eigenvalue weighted by atomic mass is 79.9. The van der Waals surface area contributed by atoms with Crippen molar-refractivity contribution in [2.24, 2.45) is 0 Å².